The van der Waals surface area contributed by atoms with Crippen LogP contribution in [0.5, 0.6) is 11.5 Å². The van der Waals surface area contributed by atoms with E-state index in [2.05, 4.69) is 4.98 Å². The number of ether oxygens (including phenoxy) is 2. The smallest absolute Gasteiger partial charge is 0.302 e. The van der Waals surface area contributed by atoms with Crippen LogP contribution in [0.25, 0.3) is 16.0 Å². The van der Waals surface area contributed by atoms with Crippen LogP contribution < -0.4 is 14.4 Å². The van der Waals surface area contributed by atoms with Crippen molar-refractivity contribution < 1.29 is 28.6 Å². The van der Waals surface area contributed by atoms with Crippen LogP contribution >= 0.6 is 11.3 Å². The number of aliphatic hydroxyl groups is 1. The molecule has 0 aliphatic carbocycles. The highest BCUT2D eigenvalue weighted by Gasteiger charge is 2.49. The topological polar surface area (TPSA) is 102 Å². The number of thiazole rings is 1. The predicted molar refractivity (Wildman–Crippen MR) is 132 cm³/mol. The fourth-order valence-corrected chi connectivity index (χ4v) is 5.22. The zero-order valence-corrected chi connectivity index (χ0v) is 20.3. The molecule has 1 fully saturated rings. The molecule has 4 aromatic rings. The van der Waals surface area contributed by atoms with Crippen molar-refractivity contribution >= 4 is 44.1 Å². The molecule has 1 N–H and O–H groups in total. The molecule has 3 heterocycles. The second kappa shape index (κ2) is 8.59. The molecule has 35 heavy (non-hydrogen) atoms. The molecule has 8 nitrogen and oxygen atoms in total. The van der Waals surface area contributed by atoms with E-state index in [0.717, 1.165) is 10.3 Å². The number of carbonyl (C=O) groups is 2. The number of Topliss-reactive ketones (excluding diaryl/α,β-unsaturated/α-hetero) is 1. The first-order valence-corrected chi connectivity index (χ1v) is 11.6. The van der Waals surface area contributed by atoms with Crippen molar-refractivity contribution in [1.82, 2.24) is 4.98 Å². The van der Waals surface area contributed by atoms with Crippen molar-refractivity contribution in [2.24, 2.45) is 0 Å². The number of furan rings is 1. The van der Waals surface area contributed by atoms with Crippen LogP contribution in [-0.2, 0) is 9.59 Å². The van der Waals surface area contributed by atoms with E-state index >= 15 is 0 Å². The lowest BCUT2D eigenvalue weighted by Crippen LogP contribution is -2.29. The van der Waals surface area contributed by atoms with E-state index in [9.17, 15) is 14.7 Å². The third-order valence-electron chi connectivity index (χ3n) is 5.93. The highest BCUT2D eigenvalue weighted by molar-refractivity contribution is 7.22. The van der Waals surface area contributed by atoms with Crippen LogP contribution in [0.15, 0.2) is 58.5 Å². The van der Waals surface area contributed by atoms with Crippen molar-refractivity contribution in [3.8, 4) is 11.5 Å². The number of hydrogen-bond acceptors (Lipinski definition) is 8. The Hall–Kier alpha value is -4.11. The van der Waals surface area contributed by atoms with Gasteiger partial charge >= 0.3 is 5.91 Å². The number of amides is 1. The van der Waals surface area contributed by atoms with Crippen molar-refractivity contribution in [1.29, 1.82) is 0 Å². The van der Waals surface area contributed by atoms with E-state index in [4.69, 9.17) is 13.9 Å². The maximum Gasteiger partial charge on any atom is 0.302 e. The molecular formula is C26H22N2O6S. The zero-order chi connectivity index (χ0) is 24.9. The highest BCUT2D eigenvalue weighted by atomic mass is 32.1. The number of aliphatic hydroxyl groups excluding tert-OH is 1. The molecule has 178 valence electrons. The molecule has 2 aromatic heterocycles. The number of nitrogens with zero attached hydrogens (tertiary/aromatic N) is 2. The summed E-state index contributed by atoms with van der Waals surface area (Å²) in [5.41, 5.74) is 1.76. The average molecular weight is 491 g/mol. The molecule has 1 unspecified atom stereocenters. The van der Waals surface area contributed by atoms with E-state index in [1.54, 1.807) is 63.6 Å². The normalized spacial score (nSPS) is 17.4. The van der Waals surface area contributed by atoms with Gasteiger partial charge in [0.05, 0.1) is 30.0 Å². The molecular weight excluding hydrogens is 468 g/mol. The molecule has 1 aliphatic heterocycles. The number of aromatic nitrogens is 1. The van der Waals surface area contributed by atoms with Gasteiger partial charge in [0.15, 0.2) is 5.13 Å². The number of anilines is 1. The molecule has 1 amide bonds. The Morgan fingerprint density at radius 2 is 1.86 bits per heavy atom. The van der Waals surface area contributed by atoms with Crippen LogP contribution in [0.2, 0.25) is 0 Å². The summed E-state index contributed by atoms with van der Waals surface area (Å²) in [6, 6.07) is 12.9. The first-order chi connectivity index (χ1) is 16.8. The van der Waals surface area contributed by atoms with Gasteiger partial charge in [-0.1, -0.05) is 11.3 Å². The van der Waals surface area contributed by atoms with Crippen molar-refractivity contribution in [2.75, 3.05) is 19.1 Å². The van der Waals surface area contributed by atoms with Gasteiger partial charge in [0.25, 0.3) is 5.78 Å². The Morgan fingerprint density at radius 1 is 1.06 bits per heavy atom. The fourth-order valence-electron chi connectivity index (χ4n) is 4.20. The van der Waals surface area contributed by atoms with E-state index < -0.39 is 17.7 Å². The molecule has 1 atom stereocenters. The van der Waals surface area contributed by atoms with Gasteiger partial charge in [-0.3, -0.25) is 14.5 Å². The lowest BCUT2D eigenvalue weighted by Gasteiger charge is -2.20. The molecule has 9 heteroatoms. The number of methoxy groups -OCH3 is 2. The summed E-state index contributed by atoms with van der Waals surface area (Å²) in [5.74, 6) is 0.366. The van der Waals surface area contributed by atoms with Gasteiger partial charge in [0.1, 0.15) is 34.8 Å². The number of hydrogen-bond donors (Lipinski definition) is 1. The summed E-state index contributed by atoms with van der Waals surface area (Å²) in [7, 11) is 3.13. The quantitative estimate of drug-likeness (QED) is 0.234. The van der Waals surface area contributed by atoms with E-state index in [0.29, 0.717) is 39.2 Å². The van der Waals surface area contributed by atoms with Gasteiger partial charge in [-0.25, -0.2) is 4.98 Å². The Bertz CT molecular complexity index is 1520. The molecule has 2 aromatic carbocycles. The van der Waals surface area contributed by atoms with Crippen LogP contribution in [0.1, 0.15) is 28.7 Å². The third kappa shape index (κ3) is 3.74. The minimum atomic E-state index is -0.978. The second-order valence-electron chi connectivity index (χ2n) is 8.13. The van der Waals surface area contributed by atoms with E-state index in [1.165, 1.54) is 16.2 Å². The number of benzene rings is 2. The van der Waals surface area contributed by atoms with Gasteiger partial charge < -0.3 is 19.0 Å². The molecule has 0 radical (unpaired) electrons. The predicted octanol–water partition coefficient (Wildman–Crippen LogP) is 5.15. The van der Waals surface area contributed by atoms with Gasteiger partial charge in [0, 0.05) is 5.56 Å². The van der Waals surface area contributed by atoms with Gasteiger partial charge in [0.2, 0.25) is 0 Å². The third-order valence-corrected chi connectivity index (χ3v) is 6.95. The van der Waals surface area contributed by atoms with E-state index in [-0.39, 0.29) is 11.3 Å². The van der Waals surface area contributed by atoms with E-state index in [1.807, 2.05) is 13.0 Å². The number of fused-ring (bicyclic) bond motifs is 1. The van der Waals surface area contributed by atoms with Crippen molar-refractivity contribution in [3.63, 3.8) is 0 Å². The summed E-state index contributed by atoms with van der Waals surface area (Å²) in [6.45, 7) is 3.60. The fraction of sp³-hybridized carbons (Fsp3) is 0.192. The summed E-state index contributed by atoms with van der Waals surface area (Å²) in [6.07, 6.45) is 0. The summed E-state index contributed by atoms with van der Waals surface area (Å²) >= 11 is 1.25. The van der Waals surface area contributed by atoms with Crippen LogP contribution in [0.4, 0.5) is 5.13 Å². The summed E-state index contributed by atoms with van der Waals surface area (Å²) in [5, 5.41) is 11.6. The lowest BCUT2D eigenvalue weighted by atomic mass is 9.98. The molecule has 0 bridgehead atoms. The van der Waals surface area contributed by atoms with Crippen molar-refractivity contribution in [3.05, 3.63) is 76.8 Å². The van der Waals surface area contributed by atoms with Gasteiger partial charge in [-0.15, -0.1) is 0 Å². The first-order valence-electron chi connectivity index (χ1n) is 10.8. The number of ketones is 1. The standard InChI is InChI=1S/C26H22N2O6S/c1-13-11-15(6-10-18(13)33-4)23(29)21-22(19-9-5-14(2)34-19)28(25(31)24(21)30)26-27-17-8-7-16(32-3)12-20(17)35-26/h5-12,22,29H,1-4H3. The second-order valence-corrected chi connectivity index (χ2v) is 9.14. The lowest BCUT2D eigenvalue weighted by molar-refractivity contribution is -0.132. The molecule has 1 aliphatic rings. The Kier molecular flexibility index (Phi) is 5.56. The van der Waals surface area contributed by atoms with Gasteiger partial charge in [-0.2, -0.15) is 0 Å². The molecule has 5 rings (SSSR count). The number of rotatable bonds is 5. The SMILES string of the molecule is COc1ccc2nc(N3C(=O)C(=O)C(=C(O)c4ccc(OC)c(C)c4)C3c3ccc(C)o3)sc2c1. The first kappa shape index (κ1) is 22.7. The Morgan fingerprint density at radius 3 is 2.51 bits per heavy atom. The molecule has 0 spiro atoms. The maximum atomic E-state index is 13.3. The number of carbonyl (C=O) groups excluding carboxylic acids is 2. The minimum Gasteiger partial charge on any atom is -0.507 e. The van der Waals surface area contributed by atoms with Gasteiger partial charge in [-0.05, 0) is 67.9 Å². The molecule has 0 saturated carbocycles. The maximum absolute atomic E-state index is 13.3. The van der Waals surface area contributed by atoms with Crippen molar-refractivity contribution in [2.45, 2.75) is 19.9 Å². The summed E-state index contributed by atoms with van der Waals surface area (Å²) in [4.78, 5) is 32.5. The number of aryl methyl sites for hydroxylation is 2. The van der Waals surface area contributed by atoms with Crippen LogP contribution in [0, 0.1) is 13.8 Å². The Balaban J connectivity index is 1.70. The Labute approximate surface area is 205 Å². The molecule has 1 saturated heterocycles. The summed E-state index contributed by atoms with van der Waals surface area (Å²) < 4.78 is 17.2. The van der Waals surface area contributed by atoms with Crippen LogP contribution in [0.3, 0.4) is 0 Å². The highest BCUT2D eigenvalue weighted by Crippen LogP contribution is 2.45. The minimum absolute atomic E-state index is 0.0641. The zero-order valence-electron chi connectivity index (χ0n) is 19.5. The average Bonchev–Trinajstić information content (AvgIpc) is 3.53. The van der Waals surface area contributed by atoms with Crippen LogP contribution in [-0.4, -0.2) is 36.0 Å². The largest absolute Gasteiger partial charge is 0.507 e. The monoisotopic (exact) mass is 490 g/mol.